The normalized spacial score (nSPS) is 19.9. The van der Waals surface area contributed by atoms with E-state index in [0.29, 0.717) is 35.5 Å². The first kappa shape index (κ1) is 28.4. The van der Waals surface area contributed by atoms with E-state index in [1.54, 1.807) is 31.2 Å². The van der Waals surface area contributed by atoms with Gasteiger partial charge in [0.05, 0.1) is 6.61 Å². The van der Waals surface area contributed by atoms with Crippen LogP contribution in [0.3, 0.4) is 0 Å². The average molecular weight is 565 g/mol. The summed E-state index contributed by atoms with van der Waals surface area (Å²) < 4.78 is 0. The molecule has 3 heterocycles. The SMILES string of the molecule is CC[C@H]1CN(c2nc(N)c(C(=O)N[C@H](C)CO)nc2Cl)CCN1C1CCN(C(=O)c2ccc(Cl)cc2)CC1. The minimum atomic E-state index is -0.526. The summed E-state index contributed by atoms with van der Waals surface area (Å²) in [6.07, 6.45) is 2.78. The number of hydrogen-bond donors (Lipinski definition) is 3. The monoisotopic (exact) mass is 563 g/mol. The van der Waals surface area contributed by atoms with Crippen molar-refractivity contribution in [1.29, 1.82) is 0 Å². The van der Waals surface area contributed by atoms with Gasteiger partial charge < -0.3 is 26.0 Å². The van der Waals surface area contributed by atoms with Gasteiger partial charge in [0.2, 0.25) is 0 Å². The molecule has 2 amide bonds. The number of anilines is 2. The molecular formula is C26H35Cl2N7O3. The van der Waals surface area contributed by atoms with Crippen LogP contribution in [0.15, 0.2) is 24.3 Å². The molecule has 2 atom stereocenters. The first-order valence-corrected chi connectivity index (χ1v) is 13.8. The fourth-order valence-electron chi connectivity index (χ4n) is 5.21. The van der Waals surface area contributed by atoms with Gasteiger partial charge in [0, 0.05) is 61.4 Å². The Morgan fingerprint density at radius 1 is 1.13 bits per heavy atom. The van der Waals surface area contributed by atoms with E-state index in [-0.39, 0.29) is 35.2 Å². The predicted octanol–water partition coefficient (Wildman–Crippen LogP) is 2.68. The highest BCUT2D eigenvalue weighted by Gasteiger charge is 2.35. The number of amides is 2. The molecule has 12 heteroatoms. The van der Waals surface area contributed by atoms with Crippen molar-refractivity contribution in [3.8, 4) is 0 Å². The van der Waals surface area contributed by atoms with Crippen LogP contribution in [0, 0.1) is 0 Å². The third-order valence-corrected chi connectivity index (χ3v) is 7.85. The average Bonchev–Trinajstić information content (AvgIpc) is 2.93. The summed E-state index contributed by atoms with van der Waals surface area (Å²) in [5.41, 5.74) is 6.69. The molecule has 4 rings (SSSR count). The number of piperidine rings is 1. The third kappa shape index (κ3) is 6.31. The summed E-state index contributed by atoms with van der Waals surface area (Å²) in [6.45, 7) is 7.29. The lowest BCUT2D eigenvalue weighted by Crippen LogP contribution is -2.58. The largest absolute Gasteiger partial charge is 0.394 e. The highest BCUT2D eigenvalue weighted by Crippen LogP contribution is 2.30. The Labute approximate surface area is 233 Å². The minimum absolute atomic E-state index is 0.000226. The number of nitrogen functional groups attached to an aromatic ring is 1. The summed E-state index contributed by atoms with van der Waals surface area (Å²) in [5, 5.41) is 12.5. The Balaban J connectivity index is 1.38. The minimum Gasteiger partial charge on any atom is -0.394 e. The maximum absolute atomic E-state index is 12.9. The number of carbonyl (C=O) groups is 2. The summed E-state index contributed by atoms with van der Waals surface area (Å²) in [4.78, 5) is 40.6. The number of aromatic nitrogens is 2. The number of nitrogens with one attached hydrogen (secondary N) is 1. The zero-order valence-electron chi connectivity index (χ0n) is 21.7. The van der Waals surface area contributed by atoms with E-state index in [0.717, 1.165) is 38.9 Å². The van der Waals surface area contributed by atoms with E-state index < -0.39 is 11.9 Å². The third-order valence-electron chi connectivity index (χ3n) is 7.34. The van der Waals surface area contributed by atoms with Gasteiger partial charge in [0.15, 0.2) is 22.5 Å². The van der Waals surface area contributed by atoms with E-state index in [2.05, 4.69) is 32.0 Å². The molecular weight excluding hydrogens is 529 g/mol. The molecule has 38 heavy (non-hydrogen) atoms. The van der Waals surface area contributed by atoms with Crippen LogP contribution in [0.2, 0.25) is 10.2 Å². The number of piperazine rings is 1. The molecule has 0 bridgehead atoms. The lowest BCUT2D eigenvalue weighted by Gasteiger charge is -2.47. The number of hydrogen-bond acceptors (Lipinski definition) is 8. The number of nitrogens with two attached hydrogens (primary N) is 1. The maximum atomic E-state index is 12.9. The molecule has 0 radical (unpaired) electrons. The molecule has 4 N–H and O–H groups in total. The highest BCUT2D eigenvalue weighted by molar-refractivity contribution is 6.32. The van der Waals surface area contributed by atoms with Crippen LogP contribution >= 0.6 is 23.2 Å². The summed E-state index contributed by atoms with van der Waals surface area (Å²) in [6, 6.07) is 7.27. The Kier molecular flexibility index (Phi) is 9.30. The zero-order valence-corrected chi connectivity index (χ0v) is 23.3. The van der Waals surface area contributed by atoms with Gasteiger partial charge in [-0.1, -0.05) is 30.1 Å². The molecule has 2 fully saturated rings. The van der Waals surface area contributed by atoms with Crippen molar-refractivity contribution >= 4 is 46.7 Å². The molecule has 1 aromatic heterocycles. The molecule has 0 unspecified atom stereocenters. The smallest absolute Gasteiger partial charge is 0.274 e. The number of benzene rings is 1. The maximum Gasteiger partial charge on any atom is 0.274 e. The molecule has 2 saturated heterocycles. The molecule has 206 valence electrons. The van der Waals surface area contributed by atoms with E-state index in [4.69, 9.17) is 28.9 Å². The fraction of sp³-hybridized carbons (Fsp3) is 0.538. The van der Waals surface area contributed by atoms with Crippen molar-refractivity contribution < 1.29 is 14.7 Å². The number of likely N-dealkylation sites (tertiary alicyclic amines) is 1. The van der Waals surface area contributed by atoms with Crippen molar-refractivity contribution in [2.75, 3.05) is 50.0 Å². The van der Waals surface area contributed by atoms with Crippen LogP contribution in [0.5, 0.6) is 0 Å². The number of halogens is 2. The number of nitrogens with zero attached hydrogens (tertiary/aromatic N) is 5. The van der Waals surface area contributed by atoms with Crippen molar-refractivity contribution in [3.05, 3.63) is 45.7 Å². The van der Waals surface area contributed by atoms with Crippen LogP contribution in [0.25, 0.3) is 0 Å². The highest BCUT2D eigenvalue weighted by atomic mass is 35.5. The quantitative estimate of drug-likeness (QED) is 0.469. The number of aliphatic hydroxyl groups excluding tert-OH is 1. The van der Waals surface area contributed by atoms with Crippen LogP contribution in [0.4, 0.5) is 11.6 Å². The Morgan fingerprint density at radius 2 is 1.82 bits per heavy atom. The first-order chi connectivity index (χ1) is 18.2. The summed E-state index contributed by atoms with van der Waals surface area (Å²) in [5.74, 6) is -0.00878. The van der Waals surface area contributed by atoms with Gasteiger partial charge >= 0.3 is 0 Å². The second kappa shape index (κ2) is 12.5. The van der Waals surface area contributed by atoms with Gasteiger partial charge in [-0.15, -0.1) is 0 Å². The van der Waals surface area contributed by atoms with E-state index >= 15 is 0 Å². The van der Waals surface area contributed by atoms with Gasteiger partial charge in [0.25, 0.3) is 11.8 Å². The van der Waals surface area contributed by atoms with Crippen LogP contribution in [0.1, 0.15) is 54.0 Å². The van der Waals surface area contributed by atoms with Gasteiger partial charge in [-0.3, -0.25) is 14.5 Å². The lowest BCUT2D eigenvalue weighted by atomic mass is 9.97. The molecule has 2 aliphatic heterocycles. The topological polar surface area (TPSA) is 128 Å². The number of carbonyl (C=O) groups excluding carboxylic acids is 2. The van der Waals surface area contributed by atoms with Crippen LogP contribution in [-0.4, -0.2) is 94.1 Å². The van der Waals surface area contributed by atoms with E-state index in [1.165, 1.54) is 0 Å². The number of aliphatic hydroxyl groups is 1. The van der Waals surface area contributed by atoms with Crippen molar-refractivity contribution in [2.45, 2.75) is 51.2 Å². The Bertz CT molecular complexity index is 1140. The molecule has 1 aromatic carbocycles. The second-order valence-electron chi connectivity index (χ2n) is 9.91. The van der Waals surface area contributed by atoms with Gasteiger partial charge in [-0.05, 0) is 50.5 Å². The van der Waals surface area contributed by atoms with Crippen molar-refractivity contribution in [1.82, 2.24) is 25.1 Å². The van der Waals surface area contributed by atoms with Crippen LogP contribution in [-0.2, 0) is 0 Å². The van der Waals surface area contributed by atoms with Gasteiger partial charge in [0.1, 0.15) is 0 Å². The van der Waals surface area contributed by atoms with Crippen molar-refractivity contribution in [3.63, 3.8) is 0 Å². The summed E-state index contributed by atoms with van der Waals surface area (Å²) >= 11 is 12.4. The van der Waals surface area contributed by atoms with Crippen LogP contribution < -0.4 is 16.0 Å². The second-order valence-corrected chi connectivity index (χ2v) is 10.7. The van der Waals surface area contributed by atoms with Gasteiger partial charge in [-0.25, -0.2) is 9.97 Å². The standard InChI is InChI=1S/C26H35Cl2N7O3/c1-3-19-14-34(24-22(28)31-21(23(29)32-24)25(37)30-16(2)15-36)12-13-35(19)20-8-10-33(11-9-20)26(38)17-4-6-18(27)7-5-17/h4-7,16,19-20,36H,3,8-15H2,1-2H3,(H2,29,32)(H,30,37)/t16-,19+/m1/s1. The van der Waals surface area contributed by atoms with Crippen molar-refractivity contribution in [2.24, 2.45) is 0 Å². The lowest BCUT2D eigenvalue weighted by molar-refractivity contribution is 0.0490. The first-order valence-electron chi connectivity index (χ1n) is 13.0. The molecule has 0 aliphatic carbocycles. The molecule has 0 spiro atoms. The van der Waals surface area contributed by atoms with E-state index in [1.807, 2.05) is 4.90 Å². The molecule has 10 nitrogen and oxygen atoms in total. The zero-order chi connectivity index (χ0) is 27.4. The molecule has 2 aromatic rings. The Hall–Kier alpha value is -2.66. The fourth-order valence-corrected chi connectivity index (χ4v) is 5.58. The number of rotatable bonds is 7. The van der Waals surface area contributed by atoms with E-state index in [9.17, 15) is 14.7 Å². The van der Waals surface area contributed by atoms with Gasteiger partial charge in [-0.2, -0.15) is 0 Å². The summed E-state index contributed by atoms with van der Waals surface area (Å²) in [7, 11) is 0. The Morgan fingerprint density at radius 3 is 2.45 bits per heavy atom. The molecule has 2 aliphatic rings. The predicted molar refractivity (Wildman–Crippen MR) is 149 cm³/mol. The molecule has 0 saturated carbocycles.